The van der Waals surface area contributed by atoms with E-state index in [0.29, 0.717) is 6.10 Å². The molecule has 2 nitrogen and oxygen atoms in total. The largest absolute Gasteiger partial charge is 0.488 e. The standard InChI is InChI=1S/C14H21NO/c1-10-4-3-5-12(8-10)16-14-9-11(2)6-7-13(14)15/h6-7,9-10,12H,3-5,8,15H2,1-2H3. The van der Waals surface area contributed by atoms with Gasteiger partial charge in [0.05, 0.1) is 11.8 Å². The van der Waals surface area contributed by atoms with E-state index in [1.165, 1.54) is 18.4 Å². The maximum absolute atomic E-state index is 6.01. The van der Waals surface area contributed by atoms with Gasteiger partial charge in [-0.2, -0.15) is 0 Å². The fourth-order valence-corrected chi connectivity index (χ4v) is 2.41. The Bertz CT molecular complexity index is 362. The lowest BCUT2D eigenvalue weighted by atomic mass is 9.89. The van der Waals surface area contributed by atoms with E-state index < -0.39 is 0 Å². The highest BCUT2D eigenvalue weighted by Gasteiger charge is 2.20. The molecule has 1 aromatic rings. The molecular formula is C14H21NO. The van der Waals surface area contributed by atoms with Crippen molar-refractivity contribution in [3.05, 3.63) is 23.8 Å². The third-order valence-corrected chi connectivity index (χ3v) is 3.35. The van der Waals surface area contributed by atoms with Crippen molar-refractivity contribution in [1.82, 2.24) is 0 Å². The maximum atomic E-state index is 6.01. The Labute approximate surface area is 97.8 Å². The summed E-state index contributed by atoms with van der Waals surface area (Å²) in [6, 6.07) is 5.98. The van der Waals surface area contributed by atoms with E-state index in [1.54, 1.807) is 0 Å². The molecule has 0 bridgehead atoms. The molecule has 1 saturated carbocycles. The van der Waals surface area contributed by atoms with Gasteiger partial charge in [0.25, 0.3) is 0 Å². The van der Waals surface area contributed by atoms with E-state index in [4.69, 9.17) is 10.5 Å². The number of hydrogen-bond acceptors (Lipinski definition) is 2. The average Bonchev–Trinajstić information content (AvgIpc) is 2.24. The SMILES string of the molecule is Cc1ccc(N)c(OC2CCCC(C)C2)c1. The molecule has 2 heteroatoms. The minimum atomic E-state index is 0.354. The zero-order chi connectivity index (χ0) is 11.5. The number of rotatable bonds is 2. The van der Waals surface area contributed by atoms with E-state index >= 15 is 0 Å². The molecule has 1 aromatic carbocycles. The molecule has 88 valence electrons. The van der Waals surface area contributed by atoms with Crippen LogP contribution in [0.2, 0.25) is 0 Å². The van der Waals surface area contributed by atoms with Gasteiger partial charge in [-0.25, -0.2) is 0 Å². The number of benzene rings is 1. The molecule has 16 heavy (non-hydrogen) atoms. The summed E-state index contributed by atoms with van der Waals surface area (Å²) in [7, 11) is 0. The minimum Gasteiger partial charge on any atom is -0.488 e. The molecule has 0 amide bonds. The molecule has 0 saturated heterocycles. The molecular weight excluding hydrogens is 198 g/mol. The third kappa shape index (κ3) is 2.69. The molecule has 1 aliphatic rings. The molecule has 0 aromatic heterocycles. The van der Waals surface area contributed by atoms with Crippen LogP contribution in [0.3, 0.4) is 0 Å². The van der Waals surface area contributed by atoms with Crippen LogP contribution in [-0.2, 0) is 0 Å². The van der Waals surface area contributed by atoms with E-state index in [9.17, 15) is 0 Å². The normalized spacial score (nSPS) is 25.4. The van der Waals surface area contributed by atoms with Gasteiger partial charge in [-0.1, -0.05) is 19.4 Å². The first-order valence-electron chi connectivity index (χ1n) is 6.18. The van der Waals surface area contributed by atoms with Crippen LogP contribution in [0.4, 0.5) is 5.69 Å². The fourth-order valence-electron chi connectivity index (χ4n) is 2.41. The maximum Gasteiger partial charge on any atom is 0.142 e. The van der Waals surface area contributed by atoms with E-state index in [1.807, 2.05) is 18.2 Å². The van der Waals surface area contributed by atoms with Crippen molar-refractivity contribution < 1.29 is 4.74 Å². The Hall–Kier alpha value is -1.18. The lowest BCUT2D eigenvalue weighted by Crippen LogP contribution is -2.24. The van der Waals surface area contributed by atoms with E-state index in [0.717, 1.165) is 30.2 Å². The monoisotopic (exact) mass is 219 g/mol. The van der Waals surface area contributed by atoms with Crippen molar-refractivity contribution in [3.63, 3.8) is 0 Å². The van der Waals surface area contributed by atoms with Crippen LogP contribution in [0.15, 0.2) is 18.2 Å². The molecule has 1 fully saturated rings. The summed E-state index contributed by atoms with van der Waals surface area (Å²) in [6.45, 7) is 4.37. The Morgan fingerprint density at radius 1 is 1.31 bits per heavy atom. The number of aryl methyl sites for hydroxylation is 1. The van der Waals surface area contributed by atoms with Gasteiger partial charge in [0, 0.05) is 0 Å². The number of nitrogens with two attached hydrogens (primary N) is 1. The van der Waals surface area contributed by atoms with Gasteiger partial charge < -0.3 is 10.5 Å². The molecule has 1 aliphatic carbocycles. The topological polar surface area (TPSA) is 35.2 Å². The van der Waals surface area contributed by atoms with Crippen LogP contribution in [0.1, 0.15) is 38.2 Å². The lowest BCUT2D eigenvalue weighted by Gasteiger charge is -2.27. The minimum absolute atomic E-state index is 0.354. The van der Waals surface area contributed by atoms with E-state index in [2.05, 4.69) is 13.8 Å². The van der Waals surface area contributed by atoms with Gasteiger partial charge in [0.15, 0.2) is 0 Å². The Balaban J connectivity index is 2.05. The first kappa shape index (κ1) is 11.3. The molecule has 0 aliphatic heterocycles. The highest BCUT2D eigenvalue weighted by molar-refractivity contribution is 5.53. The van der Waals surface area contributed by atoms with Gasteiger partial charge >= 0.3 is 0 Å². The lowest BCUT2D eigenvalue weighted by molar-refractivity contribution is 0.130. The Morgan fingerprint density at radius 3 is 2.88 bits per heavy atom. The van der Waals surface area contributed by atoms with Gasteiger partial charge in [-0.15, -0.1) is 0 Å². The van der Waals surface area contributed by atoms with Crippen LogP contribution in [-0.4, -0.2) is 6.10 Å². The second-order valence-electron chi connectivity index (χ2n) is 5.05. The van der Waals surface area contributed by atoms with E-state index in [-0.39, 0.29) is 0 Å². The average molecular weight is 219 g/mol. The van der Waals surface area contributed by atoms with Crippen molar-refractivity contribution in [3.8, 4) is 5.75 Å². The van der Waals surface area contributed by atoms with Crippen LogP contribution in [0.5, 0.6) is 5.75 Å². The molecule has 2 atom stereocenters. The summed E-state index contributed by atoms with van der Waals surface area (Å²) in [5, 5.41) is 0. The van der Waals surface area contributed by atoms with Crippen molar-refractivity contribution in [2.75, 3.05) is 5.73 Å². The second kappa shape index (κ2) is 4.77. The molecule has 2 unspecified atom stereocenters. The predicted octanol–water partition coefficient (Wildman–Crippen LogP) is 3.53. The molecule has 2 rings (SSSR count). The van der Waals surface area contributed by atoms with Crippen molar-refractivity contribution >= 4 is 5.69 Å². The summed E-state index contributed by atoms with van der Waals surface area (Å²) in [5.41, 5.74) is 7.87. The van der Waals surface area contributed by atoms with Gasteiger partial charge in [-0.05, 0) is 49.8 Å². The van der Waals surface area contributed by atoms with Gasteiger partial charge in [-0.3, -0.25) is 0 Å². The predicted molar refractivity (Wildman–Crippen MR) is 67.6 cm³/mol. The summed E-state index contributed by atoms with van der Waals surface area (Å²) in [6.07, 6.45) is 5.29. The van der Waals surface area contributed by atoms with Crippen LogP contribution in [0.25, 0.3) is 0 Å². The third-order valence-electron chi connectivity index (χ3n) is 3.35. The Morgan fingerprint density at radius 2 is 2.12 bits per heavy atom. The first-order valence-corrected chi connectivity index (χ1v) is 6.18. The van der Waals surface area contributed by atoms with Crippen LogP contribution < -0.4 is 10.5 Å². The molecule has 0 radical (unpaired) electrons. The van der Waals surface area contributed by atoms with Crippen molar-refractivity contribution in [2.45, 2.75) is 45.6 Å². The van der Waals surface area contributed by atoms with Crippen LogP contribution >= 0.6 is 0 Å². The molecule has 0 spiro atoms. The number of ether oxygens (including phenoxy) is 1. The first-order chi connectivity index (χ1) is 7.65. The van der Waals surface area contributed by atoms with Gasteiger partial charge in [0.1, 0.15) is 5.75 Å². The fraction of sp³-hybridized carbons (Fsp3) is 0.571. The summed E-state index contributed by atoms with van der Waals surface area (Å²) >= 11 is 0. The second-order valence-corrected chi connectivity index (χ2v) is 5.05. The quantitative estimate of drug-likeness (QED) is 0.772. The number of anilines is 1. The highest BCUT2D eigenvalue weighted by atomic mass is 16.5. The smallest absolute Gasteiger partial charge is 0.142 e. The number of hydrogen-bond donors (Lipinski definition) is 1. The van der Waals surface area contributed by atoms with Crippen molar-refractivity contribution in [2.24, 2.45) is 5.92 Å². The Kier molecular flexibility index (Phi) is 3.37. The molecule has 2 N–H and O–H groups in total. The summed E-state index contributed by atoms with van der Waals surface area (Å²) in [4.78, 5) is 0. The van der Waals surface area contributed by atoms with Crippen molar-refractivity contribution in [1.29, 1.82) is 0 Å². The van der Waals surface area contributed by atoms with Gasteiger partial charge in [0.2, 0.25) is 0 Å². The highest BCUT2D eigenvalue weighted by Crippen LogP contribution is 2.30. The van der Waals surface area contributed by atoms with Crippen LogP contribution in [0, 0.1) is 12.8 Å². The zero-order valence-corrected chi connectivity index (χ0v) is 10.2. The molecule has 0 heterocycles. The number of nitrogen functional groups attached to an aromatic ring is 1. The summed E-state index contributed by atoms with van der Waals surface area (Å²) < 4.78 is 6.01. The zero-order valence-electron chi connectivity index (χ0n) is 10.2. The summed E-state index contributed by atoms with van der Waals surface area (Å²) in [5.74, 6) is 1.64.